The third-order valence-corrected chi connectivity index (χ3v) is 6.03. The van der Waals surface area contributed by atoms with Gasteiger partial charge in [0, 0.05) is 12.6 Å². The second kappa shape index (κ2) is 12.7. The molecule has 1 aliphatic carbocycles. The van der Waals surface area contributed by atoms with E-state index < -0.39 is 42.0 Å². The molecule has 9 nitrogen and oxygen atoms in total. The lowest BCUT2D eigenvalue weighted by molar-refractivity contribution is -0.148. The summed E-state index contributed by atoms with van der Waals surface area (Å²) in [5.74, 6) is -1.56. The van der Waals surface area contributed by atoms with E-state index in [4.69, 9.17) is 10.5 Å². The molecular formula is C27H42N4O5. The number of hydrogen-bond acceptors (Lipinski definition) is 5. The van der Waals surface area contributed by atoms with Crippen LogP contribution in [0.3, 0.4) is 0 Å². The third kappa shape index (κ3) is 8.53. The highest BCUT2D eigenvalue weighted by atomic mass is 16.6. The summed E-state index contributed by atoms with van der Waals surface area (Å²) in [6, 6.07) is 3.45. The lowest BCUT2D eigenvalue weighted by atomic mass is 9.87. The molecule has 0 aromatic heterocycles. The number of carbonyl (C=O) groups is 4. The fourth-order valence-electron chi connectivity index (χ4n) is 4.31. The molecule has 1 aromatic carbocycles. The van der Waals surface area contributed by atoms with Crippen molar-refractivity contribution in [2.75, 3.05) is 6.54 Å². The summed E-state index contributed by atoms with van der Waals surface area (Å²) in [6.45, 7) is 11.5. The zero-order valence-corrected chi connectivity index (χ0v) is 22.5. The minimum Gasteiger partial charge on any atom is -0.444 e. The lowest BCUT2D eigenvalue weighted by Crippen LogP contribution is -2.58. The second-order valence-corrected chi connectivity index (χ2v) is 10.7. The van der Waals surface area contributed by atoms with E-state index in [1.54, 1.807) is 25.7 Å². The number of benzene rings is 1. The van der Waals surface area contributed by atoms with Crippen molar-refractivity contribution >= 4 is 23.8 Å². The minimum atomic E-state index is -1.25. The van der Waals surface area contributed by atoms with Crippen LogP contribution in [0.5, 0.6) is 0 Å². The maximum Gasteiger partial charge on any atom is 0.408 e. The van der Waals surface area contributed by atoms with Crippen molar-refractivity contribution in [3.05, 3.63) is 34.9 Å². The summed E-state index contributed by atoms with van der Waals surface area (Å²) in [4.78, 5) is 53.5. The maximum absolute atomic E-state index is 14.0. The van der Waals surface area contributed by atoms with E-state index in [1.807, 2.05) is 39.0 Å². The van der Waals surface area contributed by atoms with Crippen LogP contribution >= 0.6 is 0 Å². The number of unbranched alkanes of at least 4 members (excludes halogenated alkanes) is 1. The van der Waals surface area contributed by atoms with Gasteiger partial charge < -0.3 is 26.0 Å². The van der Waals surface area contributed by atoms with Gasteiger partial charge in [0.1, 0.15) is 17.7 Å². The number of primary amides is 1. The molecule has 36 heavy (non-hydrogen) atoms. The topological polar surface area (TPSA) is 131 Å². The fourth-order valence-corrected chi connectivity index (χ4v) is 4.31. The van der Waals surface area contributed by atoms with Crippen molar-refractivity contribution in [3.63, 3.8) is 0 Å². The molecule has 1 aromatic rings. The first-order valence-corrected chi connectivity index (χ1v) is 12.8. The van der Waals surface area contributed by atoms with Gasteiger partial charge in [-0.25, -0.2) is 4.79 Å². The van der Waals surface area contributed by atoms with Gasteiger partial charge in [-0.05, 0) is 65.9 Å². The van der Waals surface area contributed by atoms with E-state index >= 15 is 0 Å². The molecule has 0 aliphatic heterocycles. The molecular weight excluding hydrogens is 460 g/mol. The first kappa shape index (κ1) is 29.1. The molecule has 200 valence electrons. The predicted molar refractivity (Wildman–Crippen MR) is 138 cm³/mol. The highest BCUT2D eigenvalue weighted by Crippen LogP contribution is 2.34. The Morgan fingerprint density at radius 3 is 2.19 bits per heavy atom. The van der Waals surface area contributed by atoms with E-state index in [0.717, 1.165) is 43.2 Å². The van der Waals surface area contributed by atoms with Gasteiger partial charge >= 0.3 is 6.09 Å². The molecule has 2 unspecified atom stereocenters. The van der Waals surface area contributed by atoms with E-state index in [2.05, 4.69) is 10.6 Å². The van der Waals surface area contributed by atoms with Crippen molar-refractivity contribution in [2.45, 2.75) is 104 Å². The van der Waals surface area contributed by atoms with Gasteiger partial charge in [0.25, 0.3) is 0 Å². The summed E-state index contributed by atoms with van der Waals surface area (Å²) in [7, 11) is 0. The molecule has 4 N–H and O–H groups in total. The van der Waals surface area contributed by atoms with Gasteiger partial charge in [-0.2, -0.15) is 0 Å². The van der Waals surface area contributed by atoms with Gasteiger partial charge in [0.05, 0.1) is 6.42 Å². The summed E-state index contributed by atoms with van der Waals surface area (Å²) in [6.07, 6.45) is 2.87. The largest absolute Gasteiger partial charge is 0.444 e. The van der Waals surface area contributed by atoms with Crippen LogP contribution in [0, 0.1) is 13.8 Å². The summed E-state index contributed by atoms with van der Waals surface area (Å²) in [5, 5.41) is 5.50. The molecule has 0 spiro atoms. The number of nitrogens with one attached hydrogen (secondary N) is 2. The van der Waals surface area contributed by atoms with Crippen molar-refractivity contribution in [3.8, 4) is 0 Å². The lowest BCUT2D eigenvalue weighted by Gasteiger charge is -2.43. The van der Waals surface area contributed by atoms with Gasteiger partial charge in [0.2, 0.25) is 17.7 Å². The average Bonchev–Trinajstić information content (AvgIpc) is 2.68. The molecule has 2 atom stereocenters. The smallest absolute Gasteiger partial charge is 0.408 e. The van der Waals surface area contributed by atoms with Crippen molar-refractivity contribution in [2.24, 2.45) is 5.73 Å². The number of nitrogens with zero attached hydrogens (tertiary/aromatic N) is 1. The summed E-state index contributed by atoms with van der Waals surface area (Å²) in [5.41, 5.74) is 7.28. The van der Waals surface area contributed by atoms with Crippen LogP contribution in [0.1, 0.15) is 89.0 Å². The Bertz CT molecular complexity index is 932. The Balaban J connectivity index is 2.50. The van der Waals surface area contributed by atoms with Crippen LogP contribution in [0.15, 0.2) is 18.2 Å². The molecule has 1 fully saturated rings. The highest BCUT2D eigenvalue weighted by Gasteiger charge is 2.42. The van der Waals surface area contributed by atoms with Crippen LogP contribution in [0.25, 0.3) is 0 Å². The molecule has 4 amide bonds. The molecule has 1 aliphatic rings. The molecule has 0 saturated heterocycles. The highest BCUT2D eigenvalue weighted by molar-refractivity contribution is 5.94. The predicted octanol–water partition coefficient (Wildman–Crippen LogP) is 3.41. The quantitative estimate of drug-likeness (QED) is 0.399. The average molecular weight is 503 g/mol. The zero-order valence-electron chi connectivity index (χ0n) is 22.5. The maximum atomic E-state index is 14.0. The van der Waals surface area contributed by atoms with Gasteiger partial charge in [-0.1, -0.05) is 42.7 Å². The normalized spacial score (nSPS) is 15.3. The molecule has 0 bridgehead atoms. The Labute approximate surface area is 214 Å². The van der Waals surface area contributed by atoms with E-state index in [9.17, 15) is 19.2 Å². The van der Waals surface area contributed by atoms with Crippen molar-refractivity contribution < 1.29 is 23.9 Å². The van der Waals surface area contributed by atoms with E-state index in [-0.39, 0.29) is 11.9 Å². The van der Waals surface area contributed by atoms with E-state index in [0.29, 0.717) is 12.1 Å². The third-order valence-electron chi connectivity index (χ3n) is 6.03. The molecule has 1 saturated carbocycles. The number of ether oxygens (including phenoxy) is 1. The number of carbonyl (C=O) groups excluding carboxylic acids is 4. The van der Waals surface area contributed by atoms with Gasteiger partial charge in [0.15, 0.2) is 0 Å². The first-order valence-electron chi connectivity index (χ1n) is 12.8. The Morgan fingerprint density at radius 1 is 1.11 bits per heavy atom. The number of amides is 4. The number of alkyl carbamates (subject to hydrolysis) is 1. The van der Waals surface area contributed by atoms with E-state index in [1.165, 1.54) is 0 Å². The number of aryl methyl sites for hydroxylation is 2. The summed E-state index contributed by atoms with van der Waals surface area (Å²) >= 11 is 0. The molecule has 2 rings (SSSR count). The van der Waals surface area contributed by atoms with Crippen LogP contribution in [-0.4, -0.2) is 52.9 Å². The van der Waals surface area contributed by atoms with Crippen LogP contribution < -0.4 is 16.4 Å². The SMILES string of the molecule is CCCCNC(=O)C(c1cc(C)cc(C)c1)N(C(=O)C(CC(N)=O)NC(=O)OC(C)(C)C)C1CCC1. The van der Waals surface area contributed by atoms with Crippen LogP contribution in [-0.2, 0) is 19.1 Å². The van der Waals surface area contributed by atoms with Crippen molar-refractivity contribution in [1.29, 1.82) is 0 Å². The number of nitrogens with two attached hydrogens (primary N) is 1. The second-order valence-electron chi connectivity index (χ2n) is 10.7. The molecule has 0 heterocycles. The first-order chi connectivity index (χ1) is 16.8. The number of hydrogen-bond donors (Lipinski definition) is 3. The molecule has 0 radical (unpaired) electrons. The zero-order chi connectivity index (χ0) is 27.0. The Hall–Kier alpha value is -3.10. The van der Waals surface area contributed by atoms with Gasteiger partial charge in [-0.3, -0.25) is 14.4 Å². The standard InChI is InChI=1S/C27H42N4O5/c1-7-8-12-29-24(33)23(19-14-17(2)13-18(3)15-19)31(20-10-9-11-20)25(34)21(16-22(28)32)30-26(35)36-27(4,5)6/h13-15,20-21,23H,7-12,16H2,1-6H3,(H2,28,32)(H,29,33)(H,30,35). The van der Waals surface area contributed by atoms with Gasteiger partial charge in [-0.15, -0.1) is 0 Å². The fraction of sp³-hybridized carbons (Fsp3) is 0.630. The number of rotatable bonds is 11. The van der Waals surface area contributed by atoms with Crippen LogP contribution in [0.4, 0.5) is 4.79 Å². The monoisotopic (exact) mass is 502 g/mol. The van der Waals surface area contributed by atoms with Crippen molar-refractivity contribution in [1.82, 2.24) is 15.5 Å². The van der Waals surface area contributed by atoms with Crippen LogP contribution in [0.2, 0.25) is 0 Å². The Kier molecular flexibility index (Phi) is 10.3. The minimum absolute atomic E-state index is 0.198. The Morgan fingerprint density at radius 2 is 1.72 bits per heavy atom. The molecule has 9 heteroatoms. The summed E-state index contributed by atoms with van der Waals surface area (Å²) < 4.78 is 5.32.